The number of rotatable bonds is 3. The average Bonchev–Trinajstić information content (AvgIpc) is 2.28. The van der Waals surface area contributed by atoms with E-state index in [2.05, 4.69) is 4.74 Å². The molecule has 1 aromatic rings. The molecular weight excluding hydrogens is 252 g/mol. The maximum Gasteiger partial charge on any atom is 0.323 e. The molecule has 0 heterocycles. The third kappa shape index (κ3) is 1.48. The highest BCUT2D eigenvalue weighted by Crippen LogP contribution is 2.75. The van der Waals surface area contributed by atoms with E-state index >= 15 is 0 Å². The van der Waals surface area contributed by atoms with E-state index in [-0.39, 0.29) is 11.0 Å². The molecule has 1 aromatic carbocycles. The van der Waals surface area contributed by atoms with E-state index < -0.39 is 29.1 Å². The van der Waals surface area contributed by atoms with Crippen LogP contribution in [0, 0.1) is 17.0 Å². The Labute approximate surface area is 109 Å². The Morgan fingerprint density at radius 2 is 1.84 bits per heavy atom. The Hall–Kier alpha value is -1.49. The monoisotopic (exact) mass is 267 g/mol. The first-order chi connectivity index (χ1) is 8.94. The Bertz CT molecular complexity index is 518. The maximum absolute atomic E-state index is 13.8. The molecule has 102 valence electrons. The van der Waals surface area contributed by atoms with Gasteiger partial charge in [-0.25, -0.2) is 8.78 Å². The van der Waals surface area contributed by atoms with E-state index in [0.717, 1.165) is 0 Å². The van der Waals surface area contributed by atoms with Crippen LogP contribution in [-0.4, -0.2) is 19.1 Å². The van der Waals surface area contributed by atoms with Crippen molar-refractivity contribution < 1.29 is 18.3 Å². The van der Waals surface area contributed by atoms with Gasteiger partial charge < -0.3 is 10.5 Å². The summed E-state index contributed by atoms with van der Waals surface area (Å²) < 4.78 is 32.2. The third-order valence-electron chi connectivity index (χ3n) is 4.68. The van der Waals surface area contributed by atoms with Crippen molar-refractivity contribution in [2.24, 2.45) is 11.1 Å². The van der Waals surface area contributed by atoms with Gasteiger partial charge in [-0.3, -0.25) is 4.79 Å². The van der Waals surface area contributed by atoms with E-state index in [4.69, 9.17) is 5.73 Å². The minimum Gasteiger partial charge on any atom is -0.468 e. The smallest absolute Gasteiger partial charge is 0.323 e. The van der Waals surface area contributed by atoms with E-state index in [9.17, 15) is 13.6 Å². The van der Waals surface area contributed by atoms with E-state index in [0.29, 0.717) is 19.3 Å². The van der Waals surface area contributed by atoms with Crippen molar-refractivity contribution in [3.8, 4) is 0 Å². The molecule has 3 aliphatic carbocycles. The van der Waals surface area contributed by atoms with Crippen LogP contribution in [-0.2, 0) is 14.9 Å². The standard InChI is InChI=1S/C14H15F2NO2/c1-19-12(18)11(17)14-5-13(6-14,7-14)10-8(15)3-2-4-9(10)16/h2-4,11H,5-7,17H2,1H3. The van der Waals surface area contributed by atoms with Crippen molar-refractivity contribution in [3.05, 3.63) is 35.4 Å². The van der Waals surface area contributed by atoms with Crippen LogP contribution in [0.25, 0.3) is 0 Å². The quantitative estimate of drug-likeness (QED) is 0.851. The number of hydrogen-bond acceptors (Lipinski definition) is 3. The lowest BCUT2D eigenvalue weighted by Gasteiger charge is -2.72. The molecule has 4 rings (SSSR count). The van der Waals surface area contributed by atoms with Gasteiger partial charge in [0.15, 0.2) is 0 Å². The second-order valence-corrected chi connectivity index (χ2v) is 5.77. The molecular formula is C14H15F2NO2. The second-order valence-electron chi connectivity index (χ2n) is 5.77. The zero-order chi connectivity index (χ0) is 13.8. The molecule has 2 N–H and O–H groups in total. The number of nitrogens with two attached hydrogens (primary N) is 1. The molecule has 0 amide bonds. The summed E-state index contributed by atoms with van der Waals surface area (Å²) in [6, 6.07) is 3.20. The fraction of sp³-hybridized carbons (Fsp3) is 0.500. The van der Waals surface area contributed by atoms with Crippen molar-refractivity contribution in [1.82, 2.24) is 0 Å². The molecule has 0 saturated heterocycles. The van der Waals surface area contributed by atoms with Crippen molar-refractivity contribution >= 4 is 5.97 Å². The van der Waals surface area contributed by atoms with Gasteiger partial charge in [0.2, 0.25) is 0 Å². The van der Waals surface area contributed by atoms with Crippen LogP contribution in [0.15, 0.2) is 18.2 Å². The summed E-state index contributed by atoms with van der Waals surface area (Å²) in [7, 11) is 1.29. The Morgan fingerprint density at radius 1 is 1.32 bits per heavy atom. The molecule has 0 aromatic heterocycles. The van der Waals surface area contributed by atoms with Crippen molar-refractivity contribution in [2.75, 3.05) is 7.11 Å². The second kappa shape index (κ2) is 3.76. The molecule has 0 radical (unpaired) electrons. The molecule has 3 saturated carbocycles. The van der Waals surface area contributed by atoms with E-state index in [1.807, 2.05) is 0 Å². The van der Waals surface area contributed by atoms with Crippen LogP contribution in [0.4, 0.5) is 8.78 Å². The minimum atomic E-state index is -0.700. The highest BCUT2D eigenvalue weighted by Gasteiger charge is 2.72. The summed E-state index contributed by atoms with van der Waals surface area (Å²) in [5, 5.41) is 0. The molecule has 0 aliphatic heterocycles. The van der Waals surface area contributed by atoms with Crippen LogP contribution in [0.1, 0.15) is 24.8 Å². The molecule has 5 heteroatoms. The van der Waals surface area contributed by atoms with Gasteiger partial charge in [0.25, 0.3) is 0 Å². The van der Waals surface area contributed by atoms with Gasteiger partial charge in [-0.05, 0) is 36.8 Å². The van der Waals surface area contributed by atoms with Gasteiger partial charge in [0.05, 0.1) is 7.11 Å². The normalized spacial score (nSPS) is 33.1. The van der Waals surface area contributed by atoms with Crippen molar-refractivity contribution in [1.29, 1.82) is 0 Å². The largest absolute Gasteiger partial charge is 0.468 e. The number of carbonyl (C=O) groups excluding carboxylic acids is 1. The maximum atomic E-state index is 13.8. The summed E-state index contributed by atoms with van der Waals surface area (Å²) in [6.45, 7) is 0. The lowest BCUT2D eigenvalue weighted by atomic mass is 9.31. The molecule has 1 atom stereocenters. The topological polar surface area (TPSA) is 52.3 Å². The zero-order valence-electron chi connectivity index (χ0n) is 10.6. The molecule has 3 aliphatic rings. The first-order valence-electron chi connectivity index (χ1n) is 6.22. The van der Waals surface area contributed by atoms with Crippen molar-refractivity contribution in [2.45, 2.75) is 30.7 Å². The molecule has 1 unspecified atom stereocenters. The van der Waals surface area contributed by atoms with E-state index in [1.165, 1.54) is 25.3 Å². The first-order valence-corrected chi connectivity index (χ1v) is 6.22. The zero-order valence-corrected chi connectivity index (χ0v) is 10.6. The van der Waals surface area contributed by atoms with Crippen LogP contribution in [0.5, 0.6) is 0 Å². The summed E-state index contributed by atoms with van der Waals surface area (Å²) >= 11 is 0. The van der Waals surface area contributed by atoms with Crippen LogP contribution in [0.3, 0.4) is 0 Å². The number of benzene rings is 1. The van der Waals surface area contributed by atoms with Crippen LogP contribution < -0.4 is 5.73 Å². The number of methoxy groups -OCH3 is 1. The first kappa shape index (κ1) is 12.5. The number of ether oxygens (including phenoxy) is 1. The lowest BCUT2D eigenvalue weighted by molar-refractivity contribution is -0.182. The average molecular weight is 267 g/mol. The summed E-state index contributed by atoms with van der Waals surface area (Å²) in [4.78, 5) is 11.5. The van der Waals surface area contributed by atoms with Crippen molar-refractivity contribution in [3.63, 3.8) is 0 Å². The van der Waals surface area contributed by atoms with Crippen LogP contribution >= 0.6 is 0 Å². The Balaban J connectivity index is 1.82. The molecule has 2 bridgehead atoms. The Morgan fingerprint density at radius 3 is 2.32 bits per heavy atom. The highest BCUT2D eigenvalue weighted by atomic mass is 19.1. The van der Waals surface area contributed by atoms with Gasteiger partial charge >= 0.3 is 5.97 Å². The minimum absolute atomic E-state index is 0.147. The van der Waals surface area contributed by atoms with E-state index in [1.54, 1.807) is 0 Å². The van der Waals surface area contributed by atoms with Gasteiger partial charge in [-0.1, -0.05) is 6.07 Å². The van der Waals surface area contributed by atoms with Gasteiger partial charge in [0.1, 0.15) is 17.7 Å². The van der Waals surface area contributed by atoms with Gasteiger partial charge in [0, 0.05) is 11.0 Å². The Kier molecular flexibility index (Phi) is 2.48. The number of carbonyl (C=O) groups is 1. The summed E-state index contributed by atoms with van der Waals surface area (Å²) in [5.41, 5.74) is 5.20. The third-order valence-corrected chi connectivity index (χ3v) is 4.68. The summed E-state index contributed by atoms with van der Waals surface area (Å²) in [6.07, 6.45) is 1.65. The van der Waals surface area contributed by atoms with Gasteiger partial charge in [-0.2, -0.15) is 0 Å². The van der Waals surface area contributed by atoms with Crippen LogP contribution in [0.2, 0.25) is 0 Å². The highest BCUT2D eigenvalue weighted by molar-refractivity contribution is 5.77. The summed E-state index contributed by atoms with van der Waals surface area (Å²) in [5.74, 6) is -1.48. The number of hydrogen-bond donors (Lipinski definition) is 1. The molecule has 0 spiro atoms. The predicted molar refractivity (Wildman–Crippen MR) is 64.3 cm³/mol. The SMILES string of the molecule is COC(=O)C(N)C12CC(c3c(F)cccc3F)(C1)C2. The fourth-order valence-electron chi connectivity index (χ4n) is 3.84. The number of esters is 1. The fourth-order valence-corrected chi connectivity index (χ4v) is 3.84. The molecule has 3 fully saturated rings. The number of halogens is 2. The lowest BCUT2D eigenvalue weighted by Crippen LogP contribution is -2.73. The molecule has 19 heavy (non-hydrogen) atoms. The van der Waals surface area contributed by atoms with Gasteiger partial charge in [-0.15, -0.1) is 0 Å². The predicted octanol–water partition coefficient (Wildman–Crippen LogP) is 1.89. The molecule has 3 nitrogen and oxygen atoms in total.